The topological polar surface area (TPSA) is 44.8 Å². The highest BCUT2D eigenvalue weighted by Crippen LogP contribution is 2.29. The molecule has 2 fully saturated rings. The molecule has 4 rings (SSSR count). The maximum Gasteiger partial charge on any atom is 0.324 e. The van der Waals surface area contributed by atoms with Gasteiger partial charge in [-0.15, -0.1) is 0 Å². The Morgan fingerprint density at radius 1 is 1.12 bits per heavy atom. The molecule has 2 amide bonds. The number of piperazine rings is 1. The van der Waals surface area contributed by atoms with Gasteiger partial charge in [-0.2, -0.15) is 0 Å². The molecule has 5 nitrogen and oxygen atoms in total. The second-order valence-electron chi connectivity index (χ2n) is 6.00. The smallest absolute Gasteiger partial charge is 0.324 e. The van der Waals surface area contributed by atoms with Crippen LogP contribution < -0.4 is 15.0 Å². The van der Waals surface area contributed by atoms with Gasteiger partial charge in [0.15, 0.2) is 0 Å². The molecule has 0 aliphatic carbocycles. The minimum Gasteiger partial charge on any atom is -0.457 e. The number of anilines is 1. The highest BCUT2D eigenvalue weighted by Gasteiger charge is 2.38. The van der Waals surface area contributed by atoms with Gasteiger partial charge in [0.1, 0.15) is 11.5 Å². The molecule has 2 saturated heterocycles. The van der Waals surface area contributed by atoms with Gasteiger partial charge >= 0.3 is 6.03 Å². The maximum absolute atomic E-state index is 12.5. The number of nitrogens with zero attached hydrogens (tertiary/aromatic N) is 2. The third kappa shape index (κ3) is 2.92. The van der Waals surface area contributed by atoms with Crippen molar-refractivity contribution < 1.29 is 9.53 Å². The number of rotatable bonds is 3. The van der Waals surface area contributed by atoms with Crippen molar-refractivity contribution in [2.45, 2.75) is 6.04 Å². The lowest BCUT2D eigenvalue weighted by molar-refractivity contribution is 0.193. The predicted molar refractivity (Wildman–Crippen MR) is 94.1 cm³/mol. The normalized spacial score (nSPS) is 20.2. The van der Waals surface area contributed by atoms with Crippen molar-refractivity contribution in [3.8, 4) is 11.5 Å². The molecule has 2 aliphatic rings. The van der Waals surface area contributed by atoms with Crippen LogP contribution in [0.3, 0.4) is 0 Å². The summed E-state index contributed by atoms with van der Waals surface area (Å²) < 4.78 is 5.79. The lowest BCUT2D eigenvalue weighted by Crippen LogP contribution is -2.49. The Morgan fingerprint density at radius 3 is 2.71 bits per heavy atom. The fourth-order valence-corrected chi connectivity index (χ4v) is 3.38. The average Bonchev–Trinajstić information content (AvgIpc) is 2.93. The number of amides is 2. The molecule has 2 aromatic rings. The molecule has 6 heteroatoms. The number of carbonyl (C=O) groups is 1. The van der Waals surface area contributed by atoms with Crippen LogP contribution in [0.4, 0.5) is 10.5 Å². The Bertz CT molecular complexity index is 750. The van der Waals surface area contributed by atoms with Gasteiger partial charge < -0.3 is 15.0 Å². The van der Waals surface area contributed by atoms with E-state index in [-0.39, 0.29) is 12.1 Å². The van der Waals surface area contributed by atoms with Gasteiger partial charge in [-0.05, 0) is 42.5 Å². The lowest BCUT2D eigenvalue weighted by Gasteiger charge is -2.28. The molecular weight excluding hydrogens is 326 g/mol. The molecule has 0 saturated carbocycles. The van der Waals surface area contributed by atoms with Crippen LogP contribution in [0.25, 0.3) is 0 Å². The van der Waals surface area contributed by atoms with Crippen molar-refractivity contribution in [3.63, 3.8) is 0 Å². The van der Waals surface area contributed by atoms with Crippen molar-refractivity contribution in [1.82, 2.24) is 10.2 Å². The van der Waals surface area contributed by atoms with E-state index in [2.05, 4.69) is 5.32 Å². The zero-order valence-electron chi connectivity index (χ0n) is 13.1. The summed E-state index contributed by atoms with van der Waals surface area (Å²) >= 11 is 5.96. The van der Waals surface area contributed by atoms with Gasteiger partial charge in [0.2, 0.25) is 0 Å². The number of nitrogens with one attached hydrogen (secondary N) is 1. The molecule has 0 radical (unpaired) electrons. The number of ether oxygens (including phenoxy) is 1. The van der Waals surface area contributed by atoms with Gasteiger partial charge in [0.05, 0.1) is 6.04 Å². The van der Waals surface area contributed by atoms with E-state index < -0.39 is 0 Å². The highest BCUT2D eigenvalue weighted by atomic mass is 35.5. The fraction of sp³-hybridized carbons (Fsp3) is 0.278. The van der Waals surface area contributed by atoms with E-state index >= 15 is 0 Å². The van der Waals surface area contributed by atoms with Gasteiger partial charge in [0.25, 0.3) is 0 Å². The first-order valence-corrected chi connectivity index (χ1v) is 8.41. The average molecular weight is 344 g/mol. The maximum atomic E-state index is 12.5. The van der Waals surface area contributed by atoms with Crippen molar-refractivity contribution >= 4 is 23.3 Å². The third-order valence-corrected chi connectivity index (χ3v) is 4.64. The van der Waals surface area contributed by atoms with Gasteiger partial charge in [0, 0.05) is 36.9 Å². The minimum absolute atomic E-state index is 0.0880. The summed E-state index contributed by atoms with van der Waals surface area (Å²) in [6, 6.07) is 15.2. The number of hydrogen-bond donors (Lipinski definition) is 1. The number of hydrogen-bond acceptors (Lipinski definition) is 3. The van der Waals surface area contributed by atoms with Gasteiger partial charge in [-0.1, -0.05) is 17.7 Å². The van der Waals surface area contributed by atoms with Crippen LogP contribution in [0.1, 0.15) is 0 Å². The van der Waals surface area contributed by atoms with Crippen molar-refractivity contribution in [2.75, 3.05) is 31.1 Å². The molecule has 2 heterocycles. The summed E-state index contributed by atoms with van der Waals surface area (Å²) in [5.74, 6) is 1.41. The number of carbonyl (C=O) groups excluding carboxylic acids is 1. The van der Waals surface area contributed by atoms with E-state index in [1.54, 1.807) is 12.1 Å². The first-order chi connectivity index (χ1) is 11.7. The van der Waals surface area contributed by atoms with Crippen LogP contribution >= 0.6 is 11.6 Å². The van der Waals surface area contributed by atoms with Crippen LogP contribution in [0.2, 0.25) is 5.02 Å². The second kappa shape index (κ2) is 6.34. The van der Waals surface area contributed by atoms with Crippen molar-refractivity contribution in [1.29, 1.82) is 0 Å². The minimum atomic E-state index is 0.0880. The number of fused-ring (bicyclic) bond motifs is 1. The molecule has 124 valence electrons. The highest BCUT2D eigenvalue weighted by molar-refractivity contribution is 6.30. The van der Waals surface area contributed by atoms with E-state index in [1.807, 2.05) is 46.2 Å². The SMILES string of the molecule is O=C1N(c2ccc(Oc3cccc(Cl)c3)cc2)C[C@@H]2CNCCN12. The molecule has 0 aromatic heterocycles. The summed E-state index contributed by atoms with van der Waals surface area (Å²) in [5.41, 5.74) is 0.896. The summed E-state index contributed by atoms with van der Waals surface area (Å²) in [5, 5.41) is 3.97. The number of halogens is 1. The molecule has 1 N–H and O–H groups in total. The Kier molecular flexibility index (Phi) is 4.04. The Labute approximate surface area is 145 Å². The van der Waals surface area contributed by atoms with Gasteiger partial charge in [-0.3, -0.25) is 4.90 Å². The van der Waals surface area contributed by atoms with E-state index in [0.717, 1.165) is 31.9 Å². The molecule has 0 spiro atoms. The van der Waals surface area contributed by atoms with Crippen molar-refractivity contribution in [2.24, 2.45) is 0 Å². The van der Waals surface area contributed by atoms with Crippen LogP contribution in [-0.4, -0.2) is 43.2 Å². The molecular formula is C18H18ClN3O2. The van der Waals surface area contributed by atoms with Crippen LogP contribution in [0.15, 0.2) is 48.5 Å². The fourth-order valence-electron chi connectivity index (χ4n) is 3.20. The van der Waals surface area contributed by atoms with E-state index in [0.29, 0.717) is 16.5 Å². The summed E-state index contributed by atoms with van der Waals surface area (Å²) in [6.07, 6.45) is 0. The number of urea groups is 1. The summed E-state index contributed by atoms with van der Waals surface area (Å²) in [4.78, 5) is 16.3. The largest absolute Gasteiger partial charge is 0.457 e. The van der Waals surface area contributed by atoms with E-state index in [9.17, 15) is 4.79 Å². The van der Waals surface area contributed by atoms with E-state index in [4.69, 9.17) is 16.3 Å². The third-order valence-electron chi connectivity index (χ3n) is 4.40. The molecule has 2 aromatic carbocycles. The summed E-state index contributed by atoms with van der Waals surface area (Å²) in [7, 11) is 0. The lowest BCUT2D eigenvalue weighted by atomic mass is 10.2. The zero-order valence-corrected chi connectivity index (χ0v) is 13.9. The molecule has 1 atom stereocenters. The second-order valence-corrected chi connectivity index (χ2v) is 6.43. The Hall–Kier alpha value is -2.24. The molecule has 0 unspecified atom stereocenters. The zero-order chi connectivity index (χ0) is 16.5. The van der Waals surface area contributed by atoms with E-state index in [1.165, 1.54) is 0 Å². The van der Waals surface area contributed by atoms with Crippen molar-refractivity contribution in [3.05, 3.63) is 53.6 Å². The van der Waals surface area contributed by atoms with Crippen LogP contribution in [0, 0.1) is 0 Å². The number of benzene rings is 2. The monoisotopic (exact) mass is 343 g/mol. The first kappa shape index (κ1) is 15.3. The van der Waals surface area contributed by atoms with Gasteiger partial charge in [-0.25, -0.2) is 4.79 Å². The molecule has 24 heavy (non-hydrogen) atoms. The Morgan fingerprint density at radius 2 is 1.96 bits per heavy atom. The quantitative estimate of drug-likeness (QED) is 0.929. The first-order valence-electron chi connectivity index (χ1n) is 8.03. The predicted octanol–water partition coefficient (Wildman–Crippen LogP) is 3.35. The van der Waals surface area contributed by atoms with Crippen LogP contribution in [0.5, 0.6) is 11.5 Å². The summed E-state index contributed by atoms with van der Waals surface area (Å²) in [6.45, 7) is 3.22. The molecule has 0 bridgehead atoms. The standard InChI is InChI=1S/C18H18ClN3O2/c19-13-2-1-3-17(10-13)24-16-6-4-14(5-7-16)22-12-15-11-20-8-9-21(15)18(22)23/h1-7,10,15,20H,8-9,11-12H2/t15-/m0/s1. The molecule has 2 aliphatic heterocycles. The van der Waals surface area contributed by atoms with Crippen LogP contribution in [-0.2, 0) is 0 Å². The Balaban J connectivity index is 1.49.